The molecule has 0 aliphatic heterocycles. The molecule has 2 rings (SSSR count). The summed E-state index contributed by atoms with van der Waals surface area (Å²) in [5.74, 6) is 0.0764. The Morgan fingerprint density at radius 2 is 1.83 bits per heavy atom. The van der Waals surface area contributed by atoms with Crippen LogP contribution in [0.15, 0.2) is 53.6 Å². The number of anilines is 1. The van der Waals surface area contributed by atoms with E-state index in [-0.39, 0.29) is 11.4 Å². The van der Waals surface area contributed by atoms with Crippen LogP contribution in [0.25, 0.3) is 0 Å². The summed E-state index contributed by atoms with van der Waals surface area (Å²) >= 11 is 0. The van der Waals surface area contributed by atoms with Crippen LogP contribution in [0, 0.1) is 10.1 Å². The minimum Gasteiger partial charge on any atom is -0.435 e. The number of hydrogen-bond acceptors (Lipinski definition) is 5. The standard InChI is InChI=1S/C16H15F2N3O3/c1-2-15(11-3-9-14(10-4-11)24-16(17)18)20-19-12-5-7-13(8-6-12)21(22)23/h3-10,16,19H,2H2,1H3. The lowest BCUT2D eigenvalue weighted by atomic mass is 10.1. The Morgan fingerprint density at radius 1 is 1.21 bits per heavy atom. The summed E-state index contributed by atoms with van der Waals surface area (Å²) < 4.78 is 28.6. The number of hydrazone groups is 1. The van der Waals surface area contributed by atoms with Crippen LogP contribution in [0.5, 0.6) is 5.75 Å². The first kappa shape index (κ1) is 17.3. The van der Waals surface area contributed by atoms with Gasteiger partial charge in [0.2, 0.25) is 0 Å². The summed E-state index contributed by atoms with van der Waals surface area (Å²) in [6, 6.07) is 12.0. The number of benzene rings is 2. The third-order valence-electron chi connectivity index (χ3n) is 3.15. The van der Waals surface area contributed by atoms with E-state index < -0.39 is 11.5 Å². The van der Waals surface area contributed by atoms with Crippen molar-refractivity contribution in [3.63, 3.8) is 0 Å². The molecule has 0 bridgehead atoms. The molecule has 0 unspecified atom stereocenters. The van der Waals surface area contributed by atoms with Gasteiger partial charge in [0.25, 0.3) is 5.69 Å². The van der Waals surface area contributed by atoms with E-state index in [2.05, 4.69) is 15.3 Å². The Labute approximate surface area is 136 Å². The smallest absolute Gasteiger partial charge is 0.387 e. The van der Waals surface area contributed by atoms with Crippen LogP contribution in [0.1, 0.15) is 18.9 Å². The highest BCUT2D eigenvalue weighted by atomic mass is 19.3. The van der Waals surface area contributed by atoms with E-state index >= 15 is 0 Å². The first-order valence-electron chi connectivity index (χ1n) is 7.12. The number of nitrogens with zero attached hydrogens (tertiary/aromatic N) is 2. The minimum atomic E-state index is -2.86. The zero-order chi connectivity index (χ0) is 17.5. The molecule has 0 radical (unpaired) electrons. The number of halogens is 2. The number of alkyl halides is 2. The second kappa shape index (κ2) is 8.00. The van der Waals surface area contributed by atoms with Gasteiger partial charge in [0.05, 0.1) is 16.3 Å². The number of ether oxygens (including phenoxy) is 1. The largest absolute Gasteiger partial charge is 0.435 e. The van der Waals surface area contributed by atoms with Crippen LogP contribution in [-0.4, -0.2) is 17.2 Å². The topological polar surface area (TPSA) is 76.8 Å². The van der Waals surface area contributed by atoms with E-state index in [9.17, 15) is 18.9 Å². The predicted molar refractivity (Wildman–Crippen MR) is 86.6 cm³/mol. The number of nitrogens with one attached hydrogen (secondary N) is 1. The maximum absolute atomic E-state index is 12.1. The quantitative estimate of drug-likeness (QED) is 0.461. The van der Waals surface area contributed by atoms with Gasteiger partial charge in [-0.3, -0.25) is 15.5 Å². The van der Waals surface area contributed by atoms with Crippen molar-refractivity contribution in [2.45, 2.75) is 20.0 Å². The van der Waals surface area contributed by atoms with E-state index in [0.717, 1.165) is 5.56 Å². The second-order valence-electron chi connectivity index (χ2n) is 4.73. The summed E-state index contributed by atoms with van der Waals surface area (Å²) in [5, 5.41) is 14.9. The van der Waals surface area contributed by atoms with Crippen LogP contribution in [-0.2, 0) is 0 Å². The van der Waals surface area contributed by atoms with Gasteiger partial charge < -0.3 is 4.74 Å². The molecule has 2 aromatic rings. The molecule has 6 nitrogen and oxygen atoms in total. The molecule has 8 heteroatoms. The van der Waals surface area contributed by atoms with Gasteiger partial charge in [0, 0.05) is 12.1 Å². The van der Waals surface area contributed by atoms with Gasteiger partial charge in [0.15, 0.2) is 0 Å². The van der Waals surface area contributed by atoms with E-state index in [0.29, 0.717) is 17.8 Å². The maximum atomic E-state index is 12.1. The fourth-order valence-corrected chi connectivity index (χ4v) is 1.97. The maximum Gasteiger partial charge on any atom is 0.387 e. The monoisotopic (exact) mass is 335 g/mol. The van der Waals surface area contributed by atoms with Crippen molar-refractivity contribution in [3.8, 4) is 5.75 Å². The molecule has 1 N–H and O–H groups in total. The van der Waals surface area contributed by atoms with Crippen molar-refractivity contribution >= 4 is 17.1 Å². The van der Waals surface area contributed by atoms with Gasteiger partial charge in [-0.05, 0) is 48.4 Å². The Hall–Kier alpha value is -3.03. The first-order valence-corrected chi connectivity index (χ1v) is 7.12. The van der Waals surface area contributed by atoms with Crippen LogP contribution in [0.2, 0.25) is 0 Å². The molecule has 0 heterocycles. The summed E-state index contributed by atoms with van der Waals surface area (Å²) in [6.07, 6.45) is 0.606. The third kappa shape index (κ3) is 4.73. The Morgan fingerprint density at radius 3 is 2.33 bits per heavy atom. The average Bonchev–Trinajstić information content (AvgIpc) is 2.56. The summed E-state index contributed by atoms with van der Waals surface area (Å²) in [7, 11) is 0. The number of non-ortho nitro benzene ring substituents is 1. The predicted octanol–water partition coefficient (Wildman–Crippen LogP) is 4.42. The average molecular weight is 335 g/mol. The molecule has 0 fully saturated rings. The molecule has 126 valence electrons. The molecule has 0 aliphatic rings. The highest BCUT2D eigenvalue weighted by molar-refractivity contribution is 6.00. The number of nitro benzene ring substituents is 1. The van der Waals surface area contributed by atoms with Crippen molar-refractivity contribution in [2.24, 2.45) is 5.10 Å². The third-order valence-corrected chi connectivity index (χ3v) is 3.15. The summed E-state index contributed by atoms with van der Waals surface area (Å²) in [5.41, 5.74) is 4.88. The highest BCUT2D eigenvalue weighted by Crippen LogP contribution is 2.18. The zero-order valence-electron chi connectivity index (χ0n) is 12.8. The van der Waals surface area contributed by atoms with Crippen LogP contribution in [0.3, 0.4) is 0 Å². The lowest BCUT2D eigenvalue weighted by molar-refractivity contribution is -0.384. The van der Waals surface area contributed by atoms with Gasteiger partial charge in [-0.1, -0.05) is 6.92 Å². The fourth-order valence-electron chi connectivity index (χ4n) is 1.97. The minimum absolute atomic E-state index is 0.00476. The number of rotatable bonds is 7. The lowest BCUT2D eigenvalue weighted by Crippen LogP contribution is -2.05. The number of nitro groups is 1. The molecule has 2 aromatic carbocycles. The van der Waals surface area contributed by atoms with Gasteiger partial charge >= 0.3 is 6.61 Å². The highest BCUT2D eigenvalue weighted by Gasteiger charge is 2.07. The molecule has 24 heavy (non-hydrogen) atoms. The van der Waals surface area contributed by atoms with Crippen molar-refractivity contribution in [1.82, 2.24) is 0 Å². The molecular formula is C16H15F2N3O3. The van der Waals surface area contributed by atoms with Crippen molar-refractivity contribution in [1.29, 1.82) is 0 Å². The fraction of sp³-hybridized carbons (Fsp3) is 0.188. The summed E-state index contributed by atoms with van der Waals surface area (Å²) in [4.78, 5) is 10.1. The molecular weight excluding hydrogens is 320 g/mol. The molecule has 0 saturated carbocycles. The van der Waals surface area contributed by atoms with Crippen LogP contribution in [0.4, 0.5) is 20.2 Å². The van der Waals surface area contributed by atoms with E-state index in [4.69, 9.17) is 0 Å². The van der Waals surface area contributed by atoms with Gasteiger partial charge in [-0.25, -0.2) is 0 Å². The van der Waals surface area contributed by atoms with Crippen molar-refractivity contribution in [3.05, 3.63) is 64.2 Å². The van der Waals surface area contributed by atoms with Crippen molar-refractivity contribution in [2.75, 3.05) is 5.43 Å². The van der Waals surface area contributed by atoms with Gasteiger partial charge in [-0.15, -0.1) is 0 Å². The molecule has 0 spiro atoms. The molecule has 0 aromatic heterocycles. The van der Waals surface area contributed by atoms with E-state index in [1.165, 1.54) is 24.3 Å². The van der Waals surface area contributed by atoms with Gasteiger partial charge in [-0.2, -0.15) is 13.9 Å². The second-order valence-corrected chi connectivity index (χ2v) is 4.73. The Bertz CT molecular complexity index is 716. The molecule has 0 saturated heterocycles. The lowest BCUT2D eigenvalue weighted by Gasteiger charge is -2.08. The zero-order valence-corrected chi connectivity index (χ0v) is 12.8. The summed E-state index contributed by atoms with van der Waals surface area (Å²) in [6.45, 7) is -0.959. The number of hydrogen-bond donors (Lipinski definition) is 1. The molecule has 0 amide bonds. The normalized spacial score (nSPS) is 11.4. The van der Waals surface area contributed by atoms with Gasteiger partial charge in [0.1, 0.15) is 5.75 Å². The van der Waals surface area contributed by atoms with E-state index in [1.54, 1.807) is 24.3 Å². The van der Waals surface area contributed by atoms with E-state index in [1.807, 2.05) is 6.92 Å². The molecule has 0 atom stereocenters. The Balaban J connectivity index is 2.09. The van der Waals surface area contributed by atoms with Crippen molar-refractivity contribution < 1.29 is 18.4 Å². The SMILES string of the molecule is CCC(=NNc1ccc([N+](=O)[O-])cc1)c1ccc(OC(F)F)cc1. The Kier molecular flexibility index (Phi) is 5.78. The molecule has 0 aliphatic carbocycles. The van der Waals surface area contributed by atoms with Crippen LogP contribution >= 0.6 is 0 Å². The van der Waals surface area contributed by atoms with Crippen LogP contribution < -0.4 is 10.2 Å². The first-order chi connectivity index (χ1) is 11.5.